The third-order valence-electron chi connectivity index (χ3n) is 6.52. The minimum Gasteiger partial charge on any atom is -0.390 e. The van der Waals surface area contributed by atoms with Gasteiger partial charge in [-0.2, -0.15) is 0 Å². The topological polar surface area (TPSA) is 86.6 Å². The van der Waals surface area contributed by atoms with Gasteiger partial charge in [0.2, 0.25) is 0 Å². The summed E-state index contributed by atoms with van der Waals surface area (Å²) in [5, 5.41) is 22.5. The van der Waals surface area contributed by atoms with Crippen LogP contribution < -0.4 is 0 Å². The molecule has 2 fully saturated rings. The Morgan fingerprint density at radius 2 is 1.17 bits per heavy atom. The molecule has 0 radical (unpaired) electrons. The molecule has 1 saturated carbocycles. The van der Waals surface area contributed by atoms with Crippen molar-refractivity contribution >= 4 is 8.60 Å². The normalized spacial score (nSPS) is 30.0. The van der Waals surface area contributed by atoms with Crippen LogP contribution in [0, 0.1) is 5.92 Å². The van der Waals surface area contributed by atoms with E-state index in [9.17, 15) is 10.2 Å². The zero-order valence-electron chi connectivity index (χ0n) is 19.8. The number of benzene rings is 3. The van der Waals surface area contributed by atoms with Gasteiger partial charge in [-0.1, -0.05) is 91.0 Å². The first-order valence-electron chi connectivity index (χ1n) is 12.1. The van der Waals surface area contributed by atoms with Gasteiger partial charge in [-0.3, -0.25) is 0 Å². The van der Waals surface area contributed by atoms with Gasteiger partial charge in [0.25, 0.3) is 0 Å². The lowest BCUT2D eigenvalue weighted by Crippen LogP contribution is -2.64. The Hall–Kier alpha value is -2.19. The minimum absolute atomic E-state index is 0.218. The molecule has 190 valence electrons. The van der Waals surface area contributed by atoms with E-state index in [-0.39, 0.29) is 13.2 Å². The maximum Gasteiger partial charge on any atom is 0.333 e. The van der Waals surface area contributed by atoms with E-state index in [2.05, 4.69) is 0 Å². The van der Waals surface area contributed by atoms with Crippen molar-refractivity contribution in [3.63, 3.8) is 0 Å². The van der Waals surface area contributed by atoms with Gasteiger partial charge in [0.15, 0.2) is 0 Å². The lowest BCUT2D eigenvalue weighted by Gasteiger charge is -2.49. The highest BCUT2D eigenvalue weighted by atomic mass is 31.2. The van der Waals surface area contributed by atoms with Gasteiger partial charge in [-0.25, -0.2) is 0 Å². The average molecular weight is 511 g/mol. The molecule has 0 aromatic heterocycles. The van der Waals surface area contributed by atoms with Crippen LogP contribution in [0.25, 0.3) is 0 Å². The van der Waals surface area contributed by atoms with Gasteiger partial charge in [0.1, 0.15) is 24.4 Å². The van der Waals surface area contributed by atoms with Crippen LogP contribution in [0.5, 0.6) is 0 Å². The molecular weight excluding hydrogens is 479 g/mol. The predicted molar refractivity (Wildman–Crippen MR) is 135 cm³/mol. The summed E-state index contributed by atoms with van der Waals surface area (Å²) in [5.41, 5.74) is 2.93. The molecule has 0 bridgehead atoms. The molecule has 1 heterocycles. The average Bonchev–Trinajstić information content (AvgIpc) is 2.93. The molecule has 36 heavy (non-hydrogen) atoms. The molecule has 2 N–H and O–H groups in total. The number of hydrogen-bond acceptors (Lipinski definition) is 7. The summed E-state index contributed by atoms with van der Waals surface area (Å²) in [4.78, 5) is 0. The molecule has 0 spiro atoms. The van der Waals surface area contributed by atoms with Crippen LogP contribution in [-0.4, -0.2) is 47.3 Å². The summed E-state index contributed by atoms with van der Waals surface area (Å²) in [5.74, 6) is -0.436. The van der Waals surface area contributed by atoms with Gasteiger partial charge in [0.05, 0.1) is 32.5 Å². The molecule has 1 saturated heterocycles. The lowest BCUT2D eigenvalue weighted by atomic mass is 9.78. The number of rotatable bonds is 9. The lowest BCUT2D eigenvalue weighted by molar-refractivity contribution is -0.243. The summed E-state index contributed by atoms with van der Waals surface area (Å²) in [6, 6.07) is 29.2. The van der Waals surface area contributed by atoms with E-state index < -0.39 is 45.0 Å². The highest BCUT2D eigenvalue weighted by molar-refractivity contribution is 7.41. The third-order valence-corrected chi connectivity index (χ3v) is 7.64. The smallest absolute Gasteiger partial charge is 0.333 e. The third kappa shape index (κ3) is 6.20. The van der Waals surface area contributed by atoms with Crippen LogP contribution in [0.3, 0.4) is 0 Å². The first-order valence-corrected chi connectivity index (χ1v) is 13.2. The fraction of sp³-hybridized carbons (Fsp3) is 0.357. The van der Waals surface area contributed by atoms with Crippen LogP contribution >= 0.6 is 8.60 Å². The largest absolute Gasteiger partial charge is 0.390 e. The first kappa shape index (κ1) is 25.5. The van der Waals surface area contributed by atoms with Crippen molar-refractivity contribution in [1.82, 2.24) is 0 Å². The van der Waals surface area contributed by atoms with Gasteiger partial charge in [-0.05, 0) is 16.7 Å². The number of fused-ring (bicyclic) bond motifs is 1. The standard InChI is InChI=1S/C28H31O7P/c29-24-23-19-34-36(33-18-22-14-8-3-9-15-22)35-26(23)28(32-17-21-12-6-2-7-13-21)25(30)27(24)31-16-20-10-4-1-5-11-20/h1-15,23-30H,16-19H2/t23-,24-,25-,26+,27+,28+,36?/m0/s1. The Morgan fingerprint density at radius 3 is 1.72 bits per heavy atom. The summed E-state index contributed by atoms with van der Waals surface area (Å²) in [6.45, 7) is 1.11. The van der Waals surface area contributed by atoms with Crippen LogP contribution in [0.4, 0.5) is 0 Å². The number of ether oxygens (including phenoxy) is 2. The van der Waals surface area contributed by atoms with Crippen molar-refractivity contribution in [2.24, 2.45) is 5.92 Å². The summed E-state index contributed by atoms with van der Waals surface area (Å²) >= 11 is 0. The molecule has 2 aliphatic rings. The molecule has 3 aromatic carbocycles. The fourth-order valence-corrected chi connectivity index (χ4v) is 5.79. The maximum absolute atomic E-state index is 11.3. The van der Waals surface area contributed by atoms with Crippen LogP contribution in [0.1, 0.15) is 16.7 Å². The van der Waals surface area contributed by atoms with E-state index >= 15 is 0 Å². The van der Waals surface area contributed by atoms with Crippen molar-refractivity contribution in [1.29, 1.82) is 0 Å². The quantitative estimate of drug-likeness (QED) is 0.414. The minimum atomic E-state index is -1.67. The van der Waals surface area contributed by atoms with Crippen molar-refractivity contribution in [2.45, 2.75) is 50.3 Å². The SMILES string of the molecule is O[C@H]1[C@@H]2COP(OCc3ccccc3)O[C@H]2[C@H](OCc2ccccc2)[C@@H](O)[C@@H]1OCc1ccccc1. The zero-order valence-corrected chi connectivity index (χ0v) is 20.7. The second-order valence-electron chi connectivity index (χ2n) is 9.02. The summed E-state index contributed by atoms with van der Waals surface area (Å²) in [6.07, 6.45) is -4.28. The van der Waals surface area contributed by atoms with E-state index in [1.165, 1.54) is 0 Å². The molecule has 3 aromatic rings. The number of hydrogen-bond donors (Lipinski definition) is 2. The monoisotopic (exact) mass is 510 g/mol. The molecule has 7 nitrogen and oxygen atoms in total. The Balaban J connectivity index is 1.29. The second-order valence-corrected chi connectivity index (χ2v) is 10.2. The van der Waals surface area contributed by atoms with Crippen molar-refractivity contribution < 1.29 is 33.3 Å². The Kier molecular flexibility index (Phi) is 8.75. The summed E-state index contributed by atoms with van der Waals surface area (Å²) < 4.78 is 30.2. The Morgan fingerprint density at radius 1 is 0.667 bits per heavy atom. The van der Waals surface area contributed by atoms with Crippen LogP contribution in [0.2, 0.25) is 0 Å². The van der Waals surface area contributed by atoms with Crippen molar-refractivity contribution in [2.75, 3.05) is 6.61 Å². The fourth-order valence-electron chi connectivity index (χ4n) is 4.57. The van der Waals surface area contributed by atoms with Gasteiger partial charge in [-0.15, -0.1) is 0 Å². The molecule has 1 aliphatic heterocycles. The Bertz CT molecular complexity index is 1060. The summed E-state index contributed by atoms with van der Waals surface area (Å²) in [7, 11) is -1.67. The maximum atomic E-state index is 11.3. The van der Waals surface area contributed by atoms with Gasteiger partial charge < -0.3 is 33.3 Å². The van der Waals surface area contributed by atoms with Crippen LogP contribution in [-0.2, 0) is 42.9 Å². The zero-order chi connectivity index (χ0) is 24.7. The molecule has 1 aliphatic carbocycles. The van der Waals surface area contributed by atoms with E-state index in [0.717, 1.165) is 16.7 Å². The Labute approximate surface area is 212 Å². The molecule has 7 atom stereocenters. The van der Waals surface area contributed by atoms with Crippen LogP contribution in [0.15, 0.2) is 91.0 Å². The van der Waals surface area contributed by atoms with Gasteiger partial charge >= 0.3 is 8.60 Å². The molecule has 8 heteroatoms. The van der Waals surface area contributed by atoms with Crippen molar-refractivity contribution in [3.05, 3.63) is 108 Å². The highest BCUT2D eigenvalue weighted by Gasteiger charge is 2.55. The van der Waals surface area contributed by atoms with E-state index in [1.54, 1.807) is 0 Å². The number of aliphatic hydroxyl groups excluding tert-OH is 2. The molecular formula is C28H31O7P. The second kappa shape index (κ2) is 12.4. The van der Waals surface area contributed by atoms with E-state index in [0.29, 0.717) is 13.2 Å². The molecule has 0 amide bonds. The van der Waals surface area contributed by atoms with Crippen molar-refractivity contribution in [3.8, 4) is 0 Å². The van der Waals surface area contributed by atoms with E-state index in [1.807, 2.05) is 91.0 Å². The molecule has 1 unspecified atom stereocenters. The first-order chi connectivity index (χ1) is 17.7. The predicted octanol–water partition coefficient (Wildman–Crippen LogP) is 4.37. The van der Waals surface area contributed by atoms with E-state index in [4.69, 9.17) is 23.0 Å². The molecule has 5 rings (SSSR count). The highest BCUT2D eigenvalue weighted by Crippen LogP contribution is 2.51. The number of aliphatic hydroxyl groups is 2. The van der Waals surface area contributed by atoms with Gasteiger partial charge in [0, 0.05) is 5.92 Å².